The van der Waals surface area contributed by atoms with Crippen LogP contribution < -0.4 is 5.32 Å². The van der Waals surface area contributed by atoms with Gasteiger partial charge in [0.1, 0.15) is 0 Å². The Morgan fingerprint density at radius 2 is 1.74 bits per heavy atom. The van der Waals surface area contributed by atoms with Gasteiger partial charge in [0.2, 0.25) is 5.91 Å². The molecule has 0 aliphatic carbocycles. The third kappa shape index (κ3) is 3.80. The first kappa shape index (κ1) is 15.7. The first-order chi connectivity index (χ1) is 8.88. The van der Waals surface area contributed by atoms with Gasteiger partial charge in [0.15, 0.2) is 0 Å². The van der Waals surface area contributed by atoms with Crippen LogP contribution in [0.25, 0.3) is 0 Å². The van der Waals surface area contributed by atoms with E-state index in [2.05, 4.69) is 25.2 Å². The van der Waals surface area contributed by atoms with Gasteiger partial charge in [-0.3, -0.25) is 4.79 Å². The zero-order valence-electron chi connectivity index (χ0n) is 12.6. The van der Waals surface area contributed by atoms with Crippen molar-refractivity contribution in [3.63, 3.8) is 0 Å². The lowest BCUT2D eigenvalue weighted by Crippen LogP contribution is -2.23. The number of aliphatic hydroxyl groups is 1. The first-order valence-corrected chi connectivity index (χ1v) is 6.90. The van der Waals surface area contributed by atoms with Gasteiger partial charge in [0.05, 0.1) is 6.10 Å². The Hall–Kier alpha value is -1.35. The van der Waals surface area contributed by atoms with E-state index in [1.165, 1.54) is 11.1 Å². The SMILES string of the molecule is CCNC(=O)CCC(O)c1c(C)c(C)cc(C)c1C. The van der Waals surface area contributed by atoms with Crippen LogP contribution in [-0.4, -0.2) is 17.6 Å². The molecule has 0 bridgehead atoms. The van der Waals surface area contributed by atoms with Crippen molar-refractivity contribution < 1.29 is 9.90 Å². The minimum Gasteiger partial charge on any atom is -0.388 e. The minimum absolute atomic E-state index is 0.00114. The third-order valence-electron chi connectivity index (χ3n) is 3.78. The Morgan fingerprint density at radius 3 is 2.21 bits per heavy atom. The Labute approximate surface area is 116 Å². The molecule has 2 N–H and O–H groups in total. The molecule has 106 valence electrons. The standard InChI is InChI=1S/C16H25NO2/c1-6-17-15(19)8-7-14(18)16-12(4)10(2)9-11(3)13(16)5/h9,14,18H,6-8H2,1-5H3,(H,17,19). The van der Waals surface area contributed by atoms with Crippen LogP contribution >= 0.6 is 0 Å². The van der Waals surface area contributed by atoms with Crippen LogP contribution in [-0.2, 0) is 4.79 Å². The zero-order chi connectivity index (χ0) is 14.6. The maximum atomic E-state index is 11.5. The van der Waals surface area contributed by atoms with Crippen LogP contribution in [0.5, 0.6) is 0 Å². The average molecular weight is 263 g/mol. The van der Waals surface area contributed by atoms with Crippen molar-refractivity contribution in [3.8, 4) is 0 Å². The van der Waals surface area contributed by atoms with Crippen molar-refractivity contribution in [1.29, 1.82) is 0 Å². The second-order valence-electron chi connectivity index (χ2n) is 5.18. The number of carbonyl (C=O) groups excluding carboxylic acids is 1. The smallest absolute Gasteiger partial charge is 0.220 e. The number of aryl methyl sites for hydroxylation is 2. The molecule has 0 heterocycles. The summed E-state index contributed by atoms with van der Waals surface area (Å²) in [5.74, 6) is 0.00114. The molecule has 0 aromatic heterocycles. The summed E-state index contributed by atoms with van der Waals surface area (Å²) in [5.41, 5.74) is 5.63. The number of benzene rings is 1. The van der Waals surface area contributed by atoms with Crippen LogP contribution in [0.2, 0.25) is 0 Å². The van der Waals surface area contributed by atoms with Gasteiger partial charge >= 0.3 is 0 Å². The minimum atomic E-state index is -0.568. The summed E-state index contributed by atoms with van der Waals surface area (Å²) >= 11 is 0. The van der Waals surface area contributed by atoms with E-state index >= 15 is 0 Å². The molecule has 1 aromatic carbocycles. The molecule has 0 radical (unpaired) electrons. The summed E-state index contributed by atoms with van der Waals surface area (Å²) in [4.78, 5) is 11.5. The van der Waals surface area contributed by atoms with Crippen LogP contribution in [0.1, 0.15) is 53.7 Å². The Kier molecular flexibility index (Phi) is 5.55. The third-order valence-corrected chi connectivity index (χ3v) is 3.78. The maximum Gasteiger partial charge on any atom is 0.220 e. The summed E-state index contributed by atoms with van der Waals surface area (Å²) in [6.45, 7) is 10.7. The van der Waals surface area contributed by atoms with E-state index in [4.69, 9.17) is 0 Å². The van der Waals surface area contributed by atoms with E-state index in [0.717, 1.165) is 16.7 Å². The normalized spacial score (nSPS) is 12.3. The quantitative estimate of drug-likeness (QED) is 0.858. The molecule has 1 rings (SSSR count). The van der Waals surface area contributed by atoms with Crippen molar-refractivity contribution in [2.24, 2.45) is 0 Å². The number of rotatable bonds is 5. The van der Waals surface area contributed by atoms with Gasteiger partial charge in [0, 0.05) is 13.0 Å². The predicted molar refractivity (Wildman–Crippen MR) is 78.3 cm³/mol. The summed E-state index contributed by atoms with van der Waals surface area (Å²) < 4.78 is 0. The number of amides is 1. The molecule has 0 saturated carbocycles. The molecule has 1 aromatic rings. The van der Waals surface area contributed by atoms with E-state index in [0.29, 0.717) is 19.4 Å². The molecular formula is C16H25NO2. The Balaban J connectivity index is 2.88. The highest BCUT2D eigenvalue weighted by Gasteiger charge is 2.17. The predicted octanol–water partition coefficient (Wildman–Crippen LogP) is 2.87. The van der Waals surface area contributed by atoms with E-state index < -0.39 is 6.10 Å². The van der Waals surface area contributed by atoms with Crippen molar-refractivity contribution in [2.75, 3.05) is 6.54 Å². The van der Waals surface area contributed by atoms with Crippen LogP contribution in [0.4, 0.5) is 0 Å². The van der Waals surface area contributed by atoms with Gasteiger partial charge in [-0.05, 0) is 68.9 Å². The molecule has 0 spiro atoms. The zero-order valence-corrected chi connectivity index (χ0v) is 12.6. The number of carbonyl (C=O) groups is 1. The molecule has 0 aliphatic rings. The van der Waals surface area contributed by atoms with Crippen molar-refractivity contribution >= 4 is 5.91 Å². The van der Waals surface area contributed by atoms with Crippen molar-refractivity contribution in [3.05, 3.63) is 33.9 Å². The number of hydrogen-bond donors (Lipinski definition) is 2. The first-order valence-electron chi connectivity index (χ1n) is 6.90. The second-order valence-corrected chi connectivity index (χ2v) is 5.18. The fraction of sp³-hybridized carbons (Fsp3) is 0.562. The molecular weight excluding hydrogens is 238 g/mol. The van der Waals surface area contributed by atoms with Gasteiger partial charge in [-0.1, -0.05) is 6.07 Å². The Morgan fingerprint density at radius 1 is 1.21 bits per heavy atom. The topological polar surface area (TPSA) is 49.3 Å². The van der Waals surface area contributed by atoms with E-state index in [1.807, 2.05) is 20.8 Å². The van der Waals surface area contributed by atoms with Crippen molar-refractivity contribution in [2.45, 2.75) is 53.6 Å². The van der Waals surface area contributed by atoms with E-state index in [9.17, 15) is 9.90 Å². The molecule has 0 saturated heterocycles. The lowest BCUT2D eigenvalue weighted by Gasteiger charge is -2.20. The molecule has 1 unspecified atom stereocenters. The summed E-state index contributed by atoms with van der Waals surface area (Å²) in [5, 5.41) is 13.1. The molecule has 0 fully saturated rings. The molecule has 3 heteroatoms. The second kappa shape index (κ2) is 6.71. The van der Waals surface area contributed by atoms with Gasteiger partial charge < -0.3 is 10.4 Å². The number of hydrogen-bond acceptors (Lipinski definition) is 2. The summed E-state index contributed by atoms with van der Waals surface area (Å²) in [6.07, 6.45) is 0.262. The van der Waals surface area contributed by atoms with Crippen LogP contribution in [0, 0.1) is 27.7 Å². The number of nitrogens with one attached hydrogen (secondary N) is 1. The van der Waals surface area contributed by atoms with Crippen LogP contribution in [0.3, 0.4) is 0 Å². The van der Waals surface area contributed by atoms with Crippen molar-refractivity contribution in [1.82, 2.24) is 5.32 Å². The Bertz CT molecular complexity index is 440. The van der Waals surface area contributed by atoms with E-state index in [1.54, 1.807) is 0 Å². The molecule has 1 amide bonds. The number of aliphatic hydroxyl groups excluding tert-OH is 1. The largest absolute Gasteiger partial charge is 0.388 e. The maximum absolute atomic E-state index is 11.5. The highest BCUT2D eigenvalue weighted by atomic mass is 16.3. The average Bonchev–Trinajstić information content (AvgIpc) is 2.35. The van der Waals surface area contributed by atoms with E-state index in [-0.39, 0.29) is 5.91 Å². The fourth-order valence-corrected chi connectivity index (χ4v) is 2.44. The molecule has 3 nitrogen and oxygen atoms in total. The molecule has 0 aliphatic heterocycles. The fourth-order valence-electron chi connectivity index (χ4n) is 2.44. The lowest BCUT2D eigenvalue weighted by molar-refractivity contribution is -0.121. The highest BCUT2D eigenvalue weighted by molar-refractivity contribution is 5.75. The van der Waals surface area contributed by atoms with Gasteiger partial charge in [-0.2, -0.15) is 0 Å². The lowest BCUT2D eigenvalue weighted by atomic mass is 9.89. The van der Waals surface area contributed by atoms with Gasteiger partial charge in [0.25, 0.3) is 0 Å². The van der Waals surface area contributed by atoms with Gasteiger partial charge in [-0.25, -0.2) is 0 Å². The summed E-state index contributed by atoms with van der Waals surface area (Å²) in [7, 11) is 0. The van der Waals surface area contributed by atoms with Gasteiger partial charge in [-0.15, -0.1) is 0 Å². The molecule has 19 heavy (non-hydrogen) atoms. The summed E-state index contributed by atoms with van der Waals surface area (Å²) in [6, 6.07) is 2.14. The van der Waals surface area contributed by atoms with Crippen LogP contribution in [0.15, 0.2) is 6.07 Å². The molecule has 1 atom stereocenters. The highest BCUT2D eigenvalue weighted by Crippen LogP contribution is 2.29. The monoisotopic (exact) mass is 263 g/mol.